The number of ether oxygens (including phenoxy) is 3. The fourth-order valence-electron chi connectivity index (χ4n) is 3.19. The van der Waals surface area contributed by atoms with Crippen LogP contribution in [-0.4, -0.2) is 51.2 Å². The minimum atomic E-state index is -0.383. The summed E-state index contributed by atoms with van der Waals surface area (Å²) in [4.78, 5) is 37.3. The van der Waals surface area contributed by atoms with Crippen LogP contribution in [0.15, 0.2) is 18.2 Å². The number of amides is 2. The van der Waals surface area contributed by atoms with E-state index in [0.717, 1.165) is 0 Å². The quantitative estimate of drug-likeness (QED) is 0.569. The smallest absolute Gasteiger partial charge is 0.305 e. The molecule has 0 radical (unpaired) electrons. The van der Waals surface area contributed by atoms with Gasteiger partial charge in [0.25, 0.3) is 0 Å². The van der Waals surface area contributed by atoms with Crippen LogP contribution in [0.1, 0.15) is 25.7 Å². The number of nitrogens with zero attached hydrogens (tertiary/aromatic N) is 1. The van der Waals surface area contributed by atoms with E-state index in [0.29, 0.717) is 62.8 Å². The molecule has 146 valence electrons. The predicted molar refractivity (Wildman–Crippen MR) is 96.8 cm³/mol. The van der Waals surface area contributed by atoms with Crippen molar-refractivity contribution in [2.75, 3.05) is 38.3 Å². The van der Waals surface area contributed by atoms with Crippen LogP contribution in [0, 0.1) is 5.92 Å². The van der Waals surface area contributed by atoms with Gasteiger partial charge in [0.1, 0.15) is 13.2 Å². The predicted octanol–water partition coefficient (Wildman–Crippen LogP) is 1.27. The lowest BCUT2D eigenvalue weighted by molar-refractivity contribution is -0.140. The second-order valence-electron chi connectivity index (χ2n) is 6.56. The van der Waals surface area contributed by atoms with Gasteiger partial charge in [-0.15, -0.1) is 0 Å². The third kappa shape index (κ3) is 4.69. The average Bonchev–Trinajstić information content (AvgIpc) is 3.08. The van der Waals surface area contributed by atoms with E-state index in [1.165, 1.54) is 7.11 Å². The average molecular weight is 376 g/mol. The summed E-state index contributed by atoms with van der Waals surface area (Å²) >= 11 is 0. The number of nitrogens with one attached hydrogen (secondary N) is 1. The number of hydrogen-bond acceptors (Lipinski definition) is 6. The number of carbonyl (C=O) groups excluding carboxylic acids is 3. The maximum atomic E-state index is 12.4. The largest absolute Gasteiger partial charge is 0.486 e. The second-order valence-corrected chi connectivity index (χ2v) is 6.56. The molecule has 1 unspecified atom stereocenters. The molecule has 3 rings (SSSR count). The maximum Gasteiger partial charge on any atom is 0.305 e. The van der Waals surface area contributed by atoms with Crippen molar-refractivity contribution in [1.29, 1.82) is 0 Å². The van der Waals surface area contributed by atoms with Gasteiger partial charge in [0, 0.05) is 37.7 Å². The van der Waals surface area contributed by atoms with Crippen molar-refractivity contribution in [3.05, 3.63) is 18.2 Å². The zero-order chi connectivity index (χ0) is 19.2. The lowest BCUT2D eigenvalue weighted by atomic mass is 10.1. The Bertz CT molecular complexity index is 720. The van der Waals surface area contributed by atoms with Crippen LogP contribution in [0.3, 0.4) is 0 Å². The maximum absolute atomic E-state index is 12.4. The summed E-state index contributed by atoms with van der Waals surface area (Å²) in [7, 11) is 1.36. The van der Waals surface area contributed by atoms with Gasteiger partial charge < -0.3 is 24.4 Å². The molecule has 1 atom stereocenters. The van der Waals surface area contributed by atoms with Crippen LogP contribution in [0.5, 0.6) is 11.5 Å². The Morgan fingerprint density at radius 2 is 2.00 bits per heavy atom. The van der Waals surface area contributed by atoms with Gasteiger partial charge in [0.15, 0.2) is 11.5 Å². The molecule has 0 saturated carbocycles. The van der Waals surface area contributed by atoms with Crippen molar-refractivity contribution < 1.29 is 28.6 Å². The van der Waals surface area contributed by atoms with Gasteiger partial charge in [-0.1, -0.05) is 0 Å². The molecule has 27 heavy (non-hydrogen) atoms. The van der Waals surface area contributed by atoms with E-state index < -0.39 is 0 Å². The van der Waals surface area contributed by atoms with Crippen molar-refractivity contribution in [1.82, 2.24) is 5.32 Å². The van der Waals surface area contributed by atoms with Gasteiger partial charge in [-0.25, -0.2) is 0 Å². The number of benzene rings is 1. The molecule has 0 bridgehead atoms. The van der Waals surface area contributed by atoms with E-state index in [1.54, 1.807) is 23.1 Å². The summed E-state index contributed by atoms with van der Waals surface area (Å²) in [5.41, 5.74) is 0.706. The van der Waals surface area contributed by atoms with E-state index in [4.69, 9.17) is 9.47 Å². The summed E-state index contributed by atoms with van der Waals surface area (Å²) in [6.07, 6.45) is 1.86. The molecule has 1 aromatic rings. The number of hydrogen-bond donors (Lipinski definition) is 1. The monoisotopic (exact) mass is 376 g/mol. The summed E-state index contributed by atoms with van der Waals surface area (Å²) in [5.74, 6) is 0.422. The molecule has 1 fully saturated rings. The van der Waals surface area contributed by atoms with Crippen LogP contribution in [0.4, 0.5) is 5.69 Å². The molecular weight excluding hydrogens is 352 g/mol. The molecule has 0 aromatic heterocycles. The second kappa shape index (κ2) is 8.75. The minimum Gasteiger partial charge on any atom is -0.486 e. The van der Waals surface area contributed by atoms with Crippen LogP contribution in [-0.2, 0) is 19.1 Å². The van der Waals surface area contributed by atoms with E-state index >= 15 is 0 Å². The standard InChI is InChI=1S/C19H24N2O6/c1-25-18(23)4-2-3-7-20-19(24)13-10-17(22)21(12-13)14-5-6-15-16(11-14)27-9-8-26-15/h5-6,11,13H,2-4,7-10,12H2,1H3,(H,20,24). The van der Waals surface area contributed by atoms with E-state index in [-0.39, 0.29) is 30.1 Å². The highest BCUT2D eigenvalue weighted by Crippen LogP contribution is 2.35. The zero-order valence-corrected chi connectivity index (χ0v) is 15.4. The van der Waals surface area contributed by atoms with Gasteiger partial charge in [-0.3, -0.25) is 14.4 Å². The molecule has 0 aliphatic carbocycles. The molecule has 2 aliphatic rings. The van der Waals surface area contributed by atoms with Crippen molar-refractivity contribution in [2.45, 2.75) is 25.7 Å². The SMILES string of the molecule is COC(=O)CCCCNC(=O)C1CC(=O)N(c2ccc3c(c2)OCCO3)C1. The number of esters is 1. The lowest BCUT2D eigenvalue weighted by Gasteiger charge is -2.22. The van der Waals surface area contributed by atoms with E-state index in [9.17, 15) is 14.4 Å². The molecule has 2 amide bonds. The minimum absolute atomic E-state index is 0.0856. The first-order valence-electron chi connectivity index (χ1n) is 9.13. The highest BCUT2D eigenvalue weighted by molar-refractivity contribution is 6.00. The third-order valence-electron chi connectivity index (χ3n) is 4.67. The summed E-state index contributed by atoms with van der Waals surface area (Å²) in [5, 5.41) is 2.84. The first-order valence-corrected chi connectivity index (χ1v) is 9.13. The Hall–Kier alpha value is -2.77. The van der Waals surface area contributed by atoms with Gasteiger partial charge in [0.2, 0.25) is 11.8 Å². The normalized spacial score (nSPS) is 18.3. The number of carbonyl (C=O) groups is 3. The van der Waals surface area contributed by atoms with Gasteiger partial charge in [-0.05, 0) is 25.0 Å². The zero-order valence-electron chi connectivity index (χ0n) is 15.4. The Labute approximate surface area is 157 Å². The van der Waals surface area contributed by atoms with Gasteiger partial charge in [-0.2, -0.15) is 0 Å². The molecule has 1 N–H and O–H groups in total. The number of fused-ring (bicyclic) bond motifs is 1. The number of rotatable bonds is 7. The van der Waals surface area contributed by atoms with Crippen molar-refractivity contribution in [3.8, 4) is 11.5 Å². The lowest BCUT2D eigenvalue weighted by Crippen LogP contribution is -2.33. The van der Waals surface area contributed by atoms with Gasteiger partial charge in [0.05, 0.1) is 13.0 Å². The summed E-state index contributed by atoms with van der Waals surface area (Å²) in [6, 6.07) is 5.36. The fourth-order valence-corrected chi connectivity index (χ4v) is 3.19. The van der Waals surface area contributed by atoms with Crippen LogP contribution < -0.4 is 19.7 Å². The Balaban J connectivity index is 1.50. The van der Waals surface area contributed by atoms with E-state index in [2.05, 4.69) is 10.1 Å². The highest BCUT2D eigenvalue weighted by Gasteiger charge is 2.35. The molecule has 8 nitrogen and oxygen atoms in total. The Morgan fingerprint density at radius 1 is 1.22 bits per heavy atom. The first kappa shape index (κ1) is 19.0. The molecule has 1 saturated heterocycles. The van der Waals surface area contributed by atoms with Crippen LogP contribution in [0.2, 0.25) is 0 Å². The summed E-state index contributed by atoms with van der Waals surface area (Å²) < 4.78 is 15.6. The molecule has 0 spiro atoms. The molecule has 2 aliphatic heterocycles. The molecular formula is C19H24N2O6. The highest BCUT2D eigenvalue weighted by atomic mass is 16.6. The van der Waals surface area contributed by atoms with Crippen LogP contribution in [0.25, 0.3) is 0 Å². The molecule has 2 heterocycles. The number of anilines is 1. The van der Waals surface area contributed by atoms with Crippen molar-refractivity contribution in [3.63, 3.8) is 0 Å². The summed E-state index contributed by atoms with van der Waals surface area (Å²) in [6.45, 7) is 1.80. The number of unbranched alkanes of at least 4 members (excludes halogenated alkanes) is 1. The van der Waals surface area contributed by atoms with E-state index in [1.807, 2.05) is 0 Å². The first-order chi connectivity index (χ1) is 13.1. The topological polar surface area (TPSA) is 94.2 Å². The van der Waals surface area contributed by atoms with Crippen molar-refractivity contribution in [2.24, 2.45) is 5.92 Å². The third-order valence-corrected chi connectivity index (χ3v) is 4.67. The number of methoxy groups -OCH3 is 1. The Kier molecular flexibility index (Phi) is 6.16. The van der Waals surface area contributed by atoms with Crippen LogP contribution >= 0.6 is 0 Å². The molecule has 1 aromatic carbocycles. The fraction of sp³-hybridized carbons (Fsp3) is 0.526. The van der Waals surface area contributed by atoms with Gasteiger partial charge >= 0.3 is 5.97 Å². The van der Waals surface area contributed by atoms with Crippen molar-refractivity contribution >= 4 is 23.5 Å². The molecule has 8 heteroatoms. The Morgan fingerprint density at radius 3 is 2.78 bits per heavy atom.